The fourth-order valence-corrected chi connectivity index (χ4v) is 0.766. The van der Waals surface area contributed by atoms with Gasteiger partial charge in [-0.05, 0) is 14.0 Å². The van der Waals surface area contributed by atoms with Crippen LogP contribution < -0.4 is 5.32 Å². The summed E-state index contributed by atoms with van der Waals surface area (Å²) in [7, 11) is 1.87. The van der Waals surface area contributed by atoms with Gasteiger partial charge in [-0.2, -0.15) is 0 Å². The second-order valence-electron chi connectivity index (χ2n) is 2.25. The molecule has 1 heterocycles. The van der Waals surface area contributed by atoms with Gasteiger partial charge < -0.3 is 9.47 Å². The quantitative estimate of drug-likeness (QED) is 0.542. The highest BCUT2D eigenvalue weighted by molar-refractivity contribution is 4.59. The van der Waals surface area contributed by atoms with E-state index in [-0.39, 0.29) is 12.3 Å². The van der Waals surface area contributed by atoms with Gasteiger partial charge in [0.15, 0.2) is 0 Å². The van der Waals surface area contributed by atoms with Gasteiger partial charge in [-0.25, -0.2) is 0 Å². The average Bonchev–Trinajstić information content (AvgIpc) is 1.90. The van der Waals surface area contributed by atoms with Gasteiger partial charge in [0.25, 0.3) is 0 Å². The zero-order chi connectivity index (χ0) is 6.69. The Morgan fingerprint density at radius 1 is 1.33 bits per heavy atom. The van der Waals surface area contributed by atoms with E-state index in [9.17, 15) is 0 Å². The summed E-state index contributed by atoms with van der Waals surface area (Å²) in [4.78, 5) is 0. The summed E-state index contributed by atoms with van der Waals surface area (Å²) in [5.74, 6) is 0. The van der Waals surface area contributed by atoms with Crippen molar-refractivity contribution in [2.24, 2.45) is 0 Å². The molecule has 1 rings (SSSR count). The van der Waals surface area contributed by atoms with Crippen molar-refractivity contribution in [2.45, 2.75) is 19.3 Å². The van der Waals surface area contributed by atoms with Gasteiger partial charge in [0, 0.05) is 0 Å². The number of likely N-dealkylation sites (N-methyl/N-ethyl adjacent to an activating group) is 1. The van der Waals surface area contributed by atoms with Crippen LogP contribution in [-0.4, -0.2) is 32.6 Å². The molecule has 1 aliphatic rings. The molecular formula is C6H13NO2. The normalized spacial score (nSPS) is 36.7. The Morgan fingerprint density at radius 3 is 2.56 bits per heavy atom. The Morgan fingerprint density at radius 2 is 2.11 bits per heavy atom. The highest BCUT2D eigenvalue weighted by atomic mass is 16.6. The highest BCUT2D eigenvalue weighted by Gasteiger charge is 2.16. The maximum Gasteiger partial charge on any atom is 0.131 e. The average molecular weight is 131 g/mol. The maximum atomic E-state index is 5.30. The largest absolute Gasteiger partial charge is 0.372 e. The summed E-state index contributed by atoms with van der Waals surface area (Å²) in [6.45, 7) is 3.37. The molecule has 2 atom stereocenters. The van der Waals surface area contributed by atoms with Crippen LogP contribution >= 0.6 is 0 Å². The molecule has 1 saturated heterocycles. The third kappa shape index (κ3) is 1.93. The van der Waals surface area contributed by atoms with Crippen molar-refractivity contribution in [1.29, 1.82) is 0 Å². The summed E-state index contributed by atoms with van der Waals surface area (Å²) in [5.41, 5.74) is 0. The SMILES string of the molecule is CN[C@@H]1CO[C@@H](C)CO1. The second-order valence-corrected chi connectivity index (χ2v) is 2.25. The van der Waals surface area contributed by atoms with Crippen LogP contribution in [0.1, 0.15) is 6.92 Å². The lowest BCUT2D eigenvalue weighted by Crippen LogP contribution is -2.41. The Hall–Kier alpha value is -0.120. The van der Waals surface area contributed by atoms with Crippen LogP contribution in [0.2, 0.25) is 0 Å². The van der Waals surface area contributed by atoms with Gasteiger partial charge in [-0.15, -0.1) is 0 Å². The second kappa shape index (κ2) is 3.15. The lowest BCUT2D eigenvalue weighted by molar-refractivity contribution is -0.134. The van der Waals surface area contributed by atoms with E-state index < -0.39 is 0 Å². The zero-order valence-electron chi connectivity index (χ0n) is 5.89. The van der Waals surface area contributed by atoms with Crippen molar-refractivity contribution in [3.8, 4) is 0 Å². The molecule has 0 aliphatic carbocycles. The van der Waals surface area contributed by atoms with Gasteiger partial charge in [0.2, 0.25) is 0 Å². The summed E-state index contributed by atoms with van der Waals surface area (Å²) in [6.07, 6.45) is 0.357. The van der Waals surface area contributed by atoms with E-state index in [0.29, 0.717) is 13.2 Å². The molecule has 3 nitrogen and oxygen atoms in total. The smallest absolute Gasteiger partial charge is 0.131 e. The van der Waals surface area contributed by atoms with Crippen molar-refractivity contribution in [3.05, 3.63) is 0 Å². The van der Waals surface area contributed by atoms with Crippen LogP contribution in [0.3, 0.4) is 0 Å². The summed E-state index contributed by atoms with van der Waals surface area (Å²) < 4.78 is 10.6. The molecule has 0 unspecified atom stereocenters. The van der Waals surface area contributed by atoms with Crippen molar-refractivity contribution >= 4 is 0 Å². The first-order valence-electron chi connectivity index (χ1n) is 3.23. The minimum absolute atomic E-state index is 0.0983. The molecular weight excluding hydrogens is 118 g/mol. The lowest BCUT2D eigenvalue weighted by atomic mass is 10.4. The summed E-state index contributed by atoms with van der Waals surface area (Å²) >= 11 is 0. The van der Waals surface area contributed by atoms with Gasteiger partial charge in [-0.1, -0.05) is 0 Å². The molecule has 0 saturated carbocycles. The van der Waals surface area contributed by atoms with Crippen molar-refractivity contribution in [1.82, 2.24) is 5.32 Å². The fourth-order valence-electron chi connectivity index (χ4n) is 0.766. The molecule has 0 bridgehead atoms. The Labute approximate surface area is 55.3 Å². The molecule has 1 N–H and O–H groups in total. The van der Waals surface area contributed by atoms with E-state index in [2.05, 4.69) is 5.32 Å². The predicted octanol–water partition coefficient (Wildman–Crippen LogP) is -0.0328. The van der Waals surface area contributed by atoms with E-state index in [1.54, 1.807) is 0 Å². The monoisotopic (exact) mass is 131 g/mol. The van der Waals surface area contributed by atoms with Crippen molar-refractivity contribution in [3.63, 3.8) is 0 Å². The Bertz CT molecular complexity index is 79.1. The molecule has 0 radical (unpaired) electrons. The lowest BCUT2D eigenvalue weighted by Gasteiger charge is -2.26. The topological polar surface area (TPSA) is 30.5 Å². The first kappa shape index (κ1) is 6.99. The number of hydrogen-bond donors (Lipinski definition) is 1. The molecule has 54 valence electrons. The van der Waals surface area contributed by atoms with Crippen LogP contribution in [0, 0.1) is 0 Å². The first-order chi connectivity index (χ1) is 4.33. The van der Waals surface area contributed by atoms with E-state index in [4.69, 9.17) is 9.47 Å². The van der Waals surface area contributed by atoms with Gasteiger partial charge >= 0.3 is 0 Å². The van der Waals surface area contributed by atoms with E-state index in [0.717, 1.165) is 0 Å². The fraction of sp³-hybridized carbons (Fsp3) is 1.00. The zero-order valence-corrected chi connectivity index (χ0v) is 5.89. The maximum absolute atomic E-state index is 5.30. The summed E-state index contributed by atoms with van der Waals surface area (Å²) in [5, 5.41) is 2.98. The van der Waals surface area contributed by atoms with Crippen LogP contribution in [0.4, 0.5) is 0 Å². The predicted molar refractivity (Wildman–Crippen MR) is 34.2 cm³/mol. The first-order valence-corrected chi connectivity index (χ1v) is 3.23. The molecule has 0 aromatic carbocycles. The molecule has 9 heavy (non-hydrogen) atoms. The number of ether oxygens (including phenoxy) is 2. The molecule has 1 aliphatic heterocycles. The third-order valence-electron chi connectivity index (χ3n) is 1.39. The van der Waals surface area contributed by atoms with E-state index in [1.807, 2.05) is 14.0 Å². The minimum atomic E-state index is 0.0983. The molecule has 0 spiro atoms. The summed E-state index contributed by atoms with van der Waals surface area (Å²) in [6, 6.07) is 0. The molecule has 1 fully saturated rings. The Kier molecular flexibility index (Phi) is 2.45. The van der Waals surface area contributed by atoms with Gasteiger partial charge in [0.05, 0.1) is 19.3 Å². The van der Waals surface area contributed by atoms with Crippen molar-refractivity contribution < 1.29 is 9.47 Å². The third-order valence-corrected chi connectivity index (χ3v) is 1.39. The Balaban J connectivity index is 2.18. The molecule has 0 aromatic rings. The van der Waals surface area contributed by atoms with Crippen LogP contribution in [-0.2, 0) is 9.47 Å². The minimum Gasteiger partial charge on any atom is -0.372 e. The number of nitrogens with one attached hydrogen (secondary N) is 1. The van der Waals surface area contributed by atoms with Gasteiger partial charge in [-0.3, -0.25) is 5.32 Å². The van der Waals surface area contributed by atoms with E-state index in [1.165, 1.54) is 0 Å². The van der Waals surface area contributed by atoms with E-state index >= 15 is 0 Å². The number of rotatable bonds is 1. The molecule has 0 aromatic heterocycles. The standard InChI is InChI=1S/C6H13NO2/c1-5-3-9-6(7-2)4-8-5/h5-7H,3-4H2,1-2H3/t5-,6-/m0/s1. The molecule has 3 heteroatoms. The molecule has 0 amide bonds. The van der Waals surface area contributed by atoms with Crippen LogP contribution in [0.25, 0.3) is 0 Å². The highest BCUT2D eigenvalue weighted by Crippen LogP contribution is 2.02. The van der Waals surface area contributed by atoms with Gasteiger partial charge in [0.1, 0.15) is 6.23 Å². The number of hydrogen-bond acceptors (Lipinski definition) is 3. The van der Waals surface area contributed by atoms with Crippen molar-refractivity contribution in [2.75, 3.05) is 20.3 Å². The van der Waals surface area contributed by atoms with Crippen LogP contribution in [0.5, 0.6) is 0 Å². The van der Waals surface area contributed by atoms with Crippen LogP contribution in [0.15, 0.2) is 0 Å².